The molecule has 2 aliphatic rings. The van der Waals surface area contributed by atoms with Crippen molar-refractivity contribution < 1.29 is 14.3 Å². The van der Waals surface area contributed by atoms with Gasteiger partial charge in [-0.15, -0.1) is 0 Å². The van der Waals surface area contributed by atoms with E-state index in [1.165, 1.54) is 32.8 Å². The Bertz CT molecular complexity index is 257. The first kappa shape index (κ1) is 9.97. The number of carbonyl (C=O) groups excluding carboxylic acids is 1. The summed E-state index contributed by atoms with van der Waals surface area (Å²) in [6, 6.07) is 0. The molecule has 0 spiro atoms. The molecule has 0 amide bonds. The summed E-state index contributed by atoms with van der Waals surface area (Å²) in [7, 11) is 1.42. The molecule has 2 fully saturated rings. The van der Waals surface area contributed by atoms with Gasteiger partial charge in [0.05, 0.1) is 7.11 Å². The van der Waals surface area contributed by atoms with E-state index < -0.39 is 5.60 Å². The summed E-state index contributed by atoms with van der Waals surface area (Å²) in [5.41, 5.74) is -0.951. The van der Waals surface area contributed by atoms with E-state index in [-0.39, 0.29) is 11.6 Å². The number of hydrogen-bond acceptors (Lipinski definition) is 3. The summed E-state index contributed by atoms with van der Waals surface area (Å²) in [4.78, 5) is 11.5. The normalized spacial score (nSPS) is 42.5. The lowest BCUT2D eigenvalue weighted by Gasteiger charge is -2.17. The number of ether oxygens (including phenoxy) is 2. The molecule has 0 bridgehead atoms. The standard InChI is InChI=1S/C11H18O3/c1-10(8-6-4-5-7-8)11(2,14-10)9(12)13-3/h8H,4-7H2,1-3H3. The van der Waals surface area contributed by atoms with Crippen molar-refractivity contribution >= 4 is 5.97 Å². The largest absolute Gasteiger partial charge is 0.467 e. The highest BCUT2D eigenvalue weighted by Gasteiger charge is 2.72. The molecular formula is C11H18O3. The first-order chi connectivity index (χ1) is 6.54. The molecule has 2 rings (SSSR count). The number of methoxy groups -OCH3 is 1. The molecule has 0 aromatic rings. The zero-order valence-electron chi connectivity index (χ0n) is 9.13. The Morgan fingerprint density at radius 2 is 1.93 bits per heavy atom. The van der Waals surface area contributed by atoms with Gasteiger partial charge in [-0.3, -0.25) is 0 Å². The summed E-state index contributed by atoms with van der Waals surface area (Å²) in [6.45, 7) is 3.89. The van der Waals surface area contributed by atoms with Crippen molar-refractivity contribution in [2.24, 2.45) is 5.92 Å². The van der Waals surface area contributed by atoms with Crippen LogP contribution in [0.1, 0.15) is 39.5 Å². The molecule has 1 aliphatic carbocycles. The van der Waals surface area contributed by atoms with Gasteiger partial charge >= 0.3 is 5.97 Å². The molecule has 0 radical (unpaired) electrons. The van der Waals surface area contributed by atoms with E-state index in [1.807, 2.05) is 13.8 Å². The van der Waals surface area contributed by atoms with E-state index in [1.54, 1.807) is 0 Å². The molecule has 1 aliphatic heterocycles. The fourth-order valence-electron chi connectivity index (χ4n) is 2.79. The molecule has 2 atom stereocenters. The van der Waals surface area contributed by atoms with Gasteiger partial charge in [0.15, 0.2) is 5.60 Å². The van der Waals surface area contributed by atoms with Gasteiger partial charge in [-0.1, -0.05) is 12.8 Å². The van der Waals surface area contributed by atoms with Crippen molar-refractivity contribution in [2.45, 2.75) is 50.7 Å². The molecule has 80 valence electrons. The van der Waals surface area contributed by atoms with Gasteiger partial charge in [0, 0.05) is 0 Å². The van der Waals surface area contributed by atoms with Crippen LogP contribution in [0.3, 0.4) is 0 Å². The zero-order chi connectivity index (χ0) is 10.4. The summed E-state index contributed by atoms with van der Waals surface area (Å²) < 4.78 is 10.4. The van der Waals surface area contributed by atoms with Crippen molar-refractivity contribution in [3.05, 3.63) is 0 Å². The smallest absolute Gasteiger partial charge is 0.340 e. The van der Waals surface area contributed by atoms with Crippen molar-refractivity contribution in [1.29, 1.82) is 0 Å². The predicted octanol–water partition coefficient (Wildman–Crippen LogP) is 1.90. The fourth-order valence-corrected chi connectivity index (χ4v) is 2.79. The Balaban J connectivity index is 2.10. The lowest BCUT2D eigenvalue weighted by atomic mass is 9.83. The van der Waals surface area contributed by atoms with E-state index in [2.05, 4.69) is 0 Å². The van der Waals surface area contributed by atoms with Crippen LogP contribution in [0.5, 0.6) is 0 Å². The van der Waals surface area contributed by atoms with E-state index in [0.29, 0.717) is 5.92 Å². The molecule has 1 heterocycles. The highest BCUT2D eigenvalue weighted by atomic mass is 16.7. The molecule has 3 nitrogen and oxygen atoms in total. The number of esters is 1. The summed E-state index contributed by atoms with van der Waals surface area (Å²) in [6.07, 6.45) is 4.90. The summed E-state index contributed by atoms with van der Waals surface area (Å²) in [5.74, 6) is 0.304. The highest BCUT2D eigenvalue weighted by Crippen LogP contribution is 2.57. The van der Waals surface area contributed by atoms with Crippen molar-refractivity contribution in [2.75, 3.05) is 7.11 Å². The third-order valence-electron chi connectivity index (χ3n) is 4.03. The van der Waals surface area contributed by atoms with Crippen LogP contribution < -0.4 is 0 Å². The van der Waals surface area contributed by atoms with Crippen molar-refractivity contribution in [3.63, 3.8) is 0 Å². The van der Waals surface area contributed by atoms with E-state index in [4.69, 9.17) is 9.47 Å². The van der Waals surface area contributed by atoms with Gasteiger partial charge in [0.1, 0.15) is 5.60 Å². The van der Waals surface area contributed by atoms with Gasteiger partial charge in [-0.2, -0.15) is 0 Å². The molecule has 0 aromatic heterocycles. The Morgan fingerprint density at radius 1 is 1.36 bits per heavy atom. The third kappa shape index (κ3) is 1.11. The topological polar surface area (TPSA) is 38.8 Å². The van der Waals surface area contributed by atoms with Crippen LogP contribution >= 0.6 is 0 Å². The first-order valence-corrected chi connectivity index (χ1v) is 5.33. The molecule has 3 heteroatoms. The second kappa shape index (κ2) is 2.96. The maximum absolute atomic E-state index is 11.5. The first-order valence-electron chi connectivity index (χ1n) is 5.33. The number of hydrogen-bond donors (Lipinski definition) is 0. The molecule has 0 N–H and O–H groups in total. The Labute approximate surface area is 84.8 Å². The highest BCUT2D eigenvalue weighted by molar-refractivity contribution is 5.84. The number of carbonyl (C=O) groups is 1. The quantitative estimate of drug-likeness (QED) is 0.502. The van der Waals surface area contributed by atoms with E-state index in [9.17, 15) is 4.79 Å². The maximum Gasteiger partial charge on any atom is 0.340 e. The maximum atomic E-state index is 11.5. The molecule has 14 heavy (non-hydrogen) atoms. The zero-order valence-corrected chi connectivity index (χ0v) is 9.13. The second-order valence-corrected chi connectivity index (χ2v) is 4.72. The van der Waals surface area contributed by atoms with Crippen LogP contribution in [-0.4, -0.2) is 24.3 Å². The van der Waals surface area contributed by atoms with Crippen LogP contribution in [0.25, 0.3) is 0 Å². The summed E-state index contributed by atoms with van der Waals surface area (Å²) >= 11 is 0. The molecule has 2 unspecified atom stereocenters. The van der Waals surface area contributed by atoms with Crippen LogP contribution in [0.4, 0.5) is 0 Å². The fraction of sp³-hybridized carbons (Fsp3) is 0.909. The third-order valence-corrected chi connectivity index (χ3v) is 4.03. The Kier molecular flexibility index (Phi) is 2.11. The van der Waals surface area contributed by atoms with E-state index in [0.717, 1.165) is 0 Å². The van der Waals surface area contributed by atoms with Crippen molar-refractivity contribution in [3.8, 4) is 0 Å². The Hall–Kier alpha value is -0.570. The van der Waals surface area contributed by atoms with E-state index >= 15 is 0 Å². The van der Waals surface area contributed by atoms with Crippen molar-refractivity contribution in [1.82, 2.24) is 0 Å². The van der Waals surface area contributed by atoms with Crippen LogP contribution in [0.2, 0.25) is 0 Å². The number of epoxide rings is 1. The van der Waals surface area contributed by atoms with Gasteiger partial charge in [0.2, 0.25) is 0 Å². The lowest BCUT2D eigenvalue weighted by molar-refractivity contribution is -0.146. The average molecular weight is 198 g/mol. The monoisotopic (exact) mass is 198 g/mol. The Morgan fingerprint density at radius 3 is 2.43 bits per heavy atom. The van der Waals surface area contributed by atoms with Crippen LogP contribution in [-0.2, 0) is 14.3 Å². The lowest BCUT2D eigenvalue weighted by Crippen LogP contribution is -2.34. The summed E-state index contributed by atoms with van der Waals surface area (Å²) in [5, 5.41) is 0. The van der Waals surface area contributed by atoms with Gasteiger partial charge in [-0.25, -0.2) is 4.79 Å². The minimum Gasteiger partial charge on any atom is -0.467 e. The molecule has 1 saturated heterocycles. The van der Waals surface area contributed by atoms with Gasteiger partial charge in [-0.05, 0) is 32.6 Å². The number of rotatable bonds is 2. The average Bonchev–Trinajstić information content (AvgIpc) is 2.62. The predicted molar refractivity (Wildman–Crippen MR) is 51.9 cm³/mol. The molecular weight excluding hydrogens is 180 g/mol. The SMILES string of the molecule is COC(=O)C1(C)OC1(C)C1CCCC1. The second-order valence-electron chi connectivity index (χ2n) is 4.72. The van der Waals surface area contributed by atoms with Gasteiger partial charge < -0.3 is 9.47 Å². The molecule has 0 aromatic carbocycles. The van der Waals surface area contributed by atoms with Crippen LogP contribution in [0, 0.1) is 5.92 Å². The minimum absolute atomic E-state index is 0.230. The van der Waals surface area contributed by atoms with Crippen LogP contribution in [0.15, 0.2) is 0 Å². The van der Waals surface area contributed by atoms with Gasteiger partial charge in [0.25, 0.3) is 0 Å². The minimum atomic E-state index is -0.684. The molecule has 1 saturated carbocycles.